The van der Waals surface area contributed by atoms with Gasteiger partial charge in [0.25, 0.3) is 0 Å². The number of unbranched alkanes of at least 4 members (excludes halogenated alkanes) is 42. The van der Waals surface area contributed by atoms with Gasteiger partial charge in [0, 0.05) is 12.8 Å². The number of hydrogen-bond acceptors (Lipinski definition) is 2. The van der Waals surface area contributed by atoms with Gasteiger partial charge < -0.3 is 10.2 Å². The Labute approximate surface area is 517 Å². The van der Waals surface area contributed by atoms with E-state index in [2.05, 4.69) is 6.92 Å². The Balaban J connectivity index is 0.00000197. The molecule has 1 rings (SSSR count). The van der Waals surface area contributed by atoms with Gasteiger partial charge >= 0.3 is 11.9 Å². The highest BCUT2D eigenvalue weighted by Gasteiger charge is 2.10. The van der Waals surface area contributed by atoms with Crippen LogP contribution in [0.1, 0.15) is 482 Å². The highest BCUT2D eigenvalue weighted by atomic mass is 16.4. The van der Waals surface area contributed by atoms with Crippen LogP contribution >= 0.6 is 0 Å². The number of carbonyl (C=O) groups is 2. The average Bonchev–Trinajstić information content (AvgIpc) is 3.46. The maximum atomic E-state index is 10.5. The third-order valence-electron chi connectivity index (χ3n) is 19.2. The lowest BCUT2D eigenvalue weighted by molar-refractivity contribution is -0.138. The average molecular weight is 1160 g/mol. The van der Waals surface area contributed by atoms with Gasteiger partial charge in [0.15, 0.2) is 0 Å². The van der Waals surface area contributed by atoms with Crippen molar-refractivity contribution in [3.8, 4) is 0 Å². The van der Waals surface area contributed by atoms with Crippen molar-refractivity contribution in [3.05, 3.63) is 0 Å². The third kappa shape index (κ3) is 75.0. The molecule has 0 spiro atoms. The fourth-order valence-electron chi connectivity index (χ4n) is 13.5. The molecule has 4 nitrogen and oxygen atoms in total. The molecule has 0 radical (unpaired) electrons. The molecule has 1 aliphatic rings. The summed E-state index contributed by atoms with van der Waals surface area (Å²) in [5.74, 6) is -0.270. The Morgan fingerprint density at radius 2 is 0.366 bits per heavy atom. The van der Waals surface area contributed by atoms with Gasteiger partial charge in [-0.1, -0.05) is 456 Å². The maximum Gasteiger partial charge on any atom is 0.303 e. The Morgan fingerprint density at radius 3 is 0.537 bits per heavy atom. The summed E-state index contributed by atoms with van der Waals surface area (Å²) in [6, 6.07) is 0. The van der Waals surface area contributed by atoms with Crippen LogP contribution in [-0.2, 0) is 9.59 Å². The third-order valence-corrected chi connectivity index (χ3v) is 19.2. The highest BCUT2D eigenvalue weighted by Crippen LogP contribution is 2.26. The first-order valence-corrected chi connectivity index (χ1v) is 39.0. The van der Waals surface area contributed by atoms with Gasteiger partial charge in [-0.25, -0.2) is 0 Å². The van der Waals surface area contributed by atoms with E-state index in [0.29, 0.717) is 12.8 Å². The Bertz CT molecular complexity index is 1140. The molecule has 490 valence electrons. The standard InChI is InChI=1S/C52H102O2.C26H52O2/c53-52(54)50-46-42-38-34-30-26-22-18-14-10-6-9-13-17-21-25-29-33-37-41-45-49-51-47-43-39-35-31-27-23-19-15-11-7-4-2-1-3-5-8-12-16-20-24-28-32-36-40-44-48-51;1-2-3-4-5-6-7-8-9-10-11-12-13-14-15-16-17-18-19-20-21-22-23-24-25-26(27)28/h51H,1-50H2,(H,53,54);2-25H2,1H3,(H,27,28). The van der Waals surface area contributed by atoms with E-state index in [4.69, 9.17) is 10.2 Å². The topological polar surface area (TPSA) is 74.6 Å². The van der Waals surface area contributed by atoms with E-state index in [-0.39, 0.29) is 0 Å². The molecule has 0 saturated heterocycles. The van der Waals surface area contributed by atoms with Crippen LogP contribution in [0.25, 0.3) is 0 Å². The molecule has 1 saturated carbocycles. The van der Waals surface area contributed by atoms with Gasteiger partial charge in [0.1, 0.15) is 0 Å². The molecule has 82 heavy (non-hydrogen) atoms. The monoisotopic (exact) mass is 1160 g/mol. The summed E-state index contributed by atoms with van der Waals surface area (Å²) in [6.07, 6.45) is 103. The van der Waals surface area contributed by atoms with Gasteiger partial charge in [-0.15, -0.1) is 0 Å². The zero-order valence-electron chi connectivity index (χ0n) is 56.6. The van der Waals surface area contributed by atoms with Crippen LogP contribution in [0.4, 0.5) is 0 Å². The van der Waals surface area contributed by atoms with Crippen molar-refractivity contribution in [1.82, 2.24) is 0 Å². The lowest BCUT2D eigenvalue weighted by Crippen LogP contribution is -2.01. The minimum atomic E-state index is -0.650. The molecule has 0 aromatic heterocycles. The van der Waals surface area contributed by atoms with Gasteiger partial charge in [-0.05, 0) is 18.8 Å². The predicted octanol–water partition coefficient (Wildman–Crippen LogP) is 28.7. The second kappa shape index (κ2) is 74.2. The zero-order valence-corrected chi connectivity index (χ0v) is 56.6. The number of carboxylic acids is 2. The number of carboxylic acid groups (broad SMARTS) is 2. The van der Waals surface area contributed by atoms with Crippen LogP contribution in [0, 0.1) is 5.92 Å². The van der Waals surface area contributed by atoms with Crippen LogP contribution in [0.15, 0.2) is 0 Å². The van der Waals surface area contributed by atoms with E-state index >= 15 is 0 Å². The lowest BCUT2D eigenvalue weighted by Gasteiger charge is -2.17. The van der Waals surface area contributed by atoms with Crippen molar-refractivity contribution in [2.24, 2.45) is 5.92 Å². The van der Waals surface area contributed by atoms with Crippen molar-refractivity contribution < 1.29 is 19.8 Å². The minimum absolute atomic E-state index is 0.346. The van der Waals surface area contributed by atoms with Crippen molar-refractivity contribution in [1.29, 1.82) is 0 Å². The summed E-state index contributed by atoms with van der Waals surface area (Å²) in [4.78, 5) is 21.0. The SMILES string of the molecule is CCCCCCCCCCCCCCCCCCCCCCCCCC(=O)O.O=C(O)CCCCCCCCCCCCCCCCCCCCCCCC1CCCCCCCCCCCCCCCCCCCCCCCCCCC1. The molecule has 0 aromatic carbocycles. The fourth-order valence-corrected chi connectivity index (χ4v) is 13.5. The molecule has 1 fully saturated rings. The molecule has 0 aliphatic heterocycles. The van der Waals surface area contributed by atoms with Gasteiger partial charge in [0.2, 0.25) is 0 Å². The number of rotatable bonds is 48. The van der Waals surface area contributed by atoms with E-state index in [1.807, 2.05) is 0 Å². The van der Waals surface area contributed by atoms with Gasteiger partial charge in [-0.3, -0.25) is 9.59 Å². The number of hydrogen-bond donors (Lipinski definition) is 2. The molecule has 1 aliphatic carbocycles. The van der Waals surface area contributed by atoms with Crippen LogP contribution in [0.5, 0.6) is 0 Å². The van der Waals surface area contributed by atoms with Crippen molar-refractivity contribution >= 4 is 11.9 Å². The summed E-state index contributed by atoms with van der Waals surface area (Å²) < 4.78 is 0. The van der Waals surface area contributed by atoms with Crippen LogP contribution in [0.2, 0.25) is 0 Å². The lowest BCUT2D eigenvalue weighted by atomic mass is 9.89. The summed E-state index contributed by atoms with van der Waals surface area (Å²) in [6.45, 7) is 2.29. The quantitative estimate of drug-likeness (QED) is 0.0596. The summed E-state index contributed by atoms with van der Waals surface area (Å²) in [5.41, 5.74) is 0. The normalized spacial score (nSPS) is 16.0. The first-order chi connectivity index (χ1) is 40.6. The summed E-state index contributed by atoms with van der Waals surface area (Å²) >= 11 is 0. The second-order valence-corrected chi connectivity index (χ2v) is 27.6. The van der Waals surface area contributed by atoms with Crippen LogP contribution < -0.4 is 0 Å². The zero-order chi connectivity index (χ0) is 59.1. The summed E-state index contributed by atoms with van der Waals surface area (Å²) in [5, 5.41) is 17.3. The van der Waals surface area contributed by atoms with Crippen molar-refractivity contribution in [2.75, 3.05) is 0 Å². The molecule has 0 heterocycles. The maximum absolute atomic E-state index is 10.5. The molecular weight excluding hydrogens is 1000 g/mol. The molecule has 0 unspecified atom stereocenters. The highest BCUT2D eigenvalue weighted by molar-refractivity contribution is 5.66. The van der Waals surface area contributed by atoms with Gasteiger partial charge in [-0.2, -0.15) is 0 Å². The first-order valence-electron chi connectivity index (χ1n) is 39.0. The minimum Gasteiger partial charge on any atom is -0.481 e. The Hall–Kier alpha value is -1.06. The second-order valence-electron chi connectivity index (χ2n) is 27.6. The van der Waals surface area contributed by atoms with Crippen LogP contribution in [-0.4, -0.2) is 22.2 Å². The van der Waals surface area contributed by atoms with E-state index in [0.717, 1.165) is 31.6 Å². The van der Waals surface area contributed by atoms with E-state index in [1.165, 1.54) is 437 Å². The molecule has 4 heteroatoms. The fraction of sp³-hybridized carbons (Fsp3) is 0.974. The van der Waals surface area contributed by atoms with E-state index in [1.54, 1.807) is 0 Å². The van der Waals surface area contributed by atoms with E-state index in [9.17, 15) is 9.59 Å². The largest absolute Gasteiger partial charge is 0.481 e. The molecule has 0 atom stereocenters. The molecule has 0 amide bonds. The van der Waals surface area contributed by atoms with E-state index < -0.39 is 11.9 Å². The smallest absolute Gasteiger partial charge is 0.303 e. The molecule has 0 aromatic rings. The summed E-state index contributed by atoms with van der Waals surface area (Å²) in [7, 11) is 0. The van der Waals surface area contributed by atoms with Crippen molar-refractivity contribution in [2.45, 2.75) is 482 Å². The van der Waals surface area contributed by atoms with Gasteiger partial charge in [0.05, 0.1) is 0 Å². The number of aliphatic carboxylic acids is 2. The Morgan fingerprint density at radius 1 is 0.220 bits per heavy atom. The molecule has 2 N–H and O–H groups in total. The molecule has 0 bridgehead atoms. The van der Waals surface area contributed by atoms with Crippen molar-refractivity contribution in [3.63, 3.8) is 0 Å². The Kier molecular flexibility index (Phi) is 73.2. The molecular formula is C78H154O4. The van der Waals surface area contributed by atoms with Crippen LogP contribution in [0.3, 0.4) is 0 Å². The predicted molar refractivity (Wildman–Crippen MR) is 366 cm³/mol. The first kappa shape index (κ1) is 80.9.